The Bertz CT molecular complexity index is 707. The lowest BCUT2D eigenvalue weighted by Gasteiger charge is -2.60. The largest absolute Gasteiger partial charge is 1.00 e. The van der Waals surface area contributed by atoms with Crippen molar-refractivity contribution in [2.75, 3.05) is 19.6 Å². The first kappa shape index (κ1) is 24.5. The van der Waals surface area contributed by atoms with Gasteiger partial charge in [0.1, 0.15) is 11.9 Å². The monoisotopic (exact) mass is 465 g/mol. The first-order chi connectivity index (χ1) is 14.9. The molecule has 4 unspecified atom stereocenters. The number of ether oxygens (including phenoxy) is 1. The number of likely N-dealkylation sites (tertiary alicyclic amines) is 1. The van der Waals surface area contributed by atoms with E-state index in [9.17, 15) is 9.59 Å². The Hall–Kier alpha value is -0.610. The molecule has 0 aromatic heterocycles. The minimum Gasteiger partial charge on any atom is -1.00 e. The standard InChI is InChI=1S/C27H43NO3.ClH/c1-26-13-10-20(29)18-19(26)6-7-21-22-8-9-24(27(22,2)14-11-23(21)26)31-25(30)12-17-28-15-4-3-5-16-28;/h19,21-24H,3-18H2,1-2H3;1H/t19-,21?,22?,23?,24?,26-,27-;/m0./s1. The fourth-order valence-electron chi connectivity index (χ4n) is 8.99. The predicted octanol–water partition coefficient (Wildman–Crippen LogP) is 0.973. The minimum atomic E-state index is 0. The van der Waals surface area contributed by atoms with Gasteiger partial charge in [-0.2, -0.15) is 0 Å². The number of rotatable bonds is 4. The number of fused-ring (bicyclic) bond motifs is 5. The molecule has 182 valence electrons. The van der Waals surface area contributed by atoms with Crippen molar-refractivity contribution in [1.29, 1.82) is 0 Å². The lowest BCUT2D eigenvalue weighted by Crippen LogP contribution is -3.12. The van der Waals surface area contributed by atoms with Gasteiger partial charge in [-0.15, -0.1) is 0 Å². The fourth-order valence-corrected chi connectivity index (χ4v) is 8.99. The van der Waals surface area contributed by atoms with Crippen molar-refractivity contribution < 1.29 is 31.6 Å². The second-order valence-corrected chi connectivity index (χ2v) is 12.3. The van der Waals surface area contributed by atoms with Crippen LogP contribution in [0, 0.1) is 34.5 Å². The summed E-state index contributed by atoms with van der Waals surface area (Å²) in [6.07, 6.45) is 14.7. The summed E-state index contributed by atoms with van der Waals surface area (Å²) in [5.41, 5.74) is 0.534. The number of ketones is 1. The molecule has 0 spiro atoms. The molecule has 5 aliphatic rings. The van der Waals surface area contributed by atoms with Crippen LogP contribution in [-0.2, 0) is 14.3 Å². The summed E-state index contributed by atoms with van der Waals surface area (Å²) < 4.78 is 6.20. The van der Waals surface area contributed by atoms with E-state index in [2.05, 4.69) is 13.8 Å². The second kappa shape index (κ2) is 9.56. The number of halogens is 1. The normalized spacial score (nSPS) is 44.1. The summed E-state index contributed by atoms with van der Waals surface area (Å²) in [7, 11) is 0. The number of esters is 1. The zero-order valence-electron chi connectivity index (χ0n) is 20.3. The van der Waals surface area contributed by atoms with Crippen molar-refractivity contribution in [3.05, 3.63) is 0 Å². The quantitative estimate of drug-likeness (QED) is 0.629. The van der Waals surface area contributed by atoms with Crippen LogP contribution in [0.1, 0.15) is 97.3 Å². The number of hydrogen-bond acceptors (Lipinski definition) is 3. The summed E-state index contributed by atoms with van der Waals surface area (Å²) in [6.45, 7) is 8.36. The maximum Gasteiger partial charge on any atom is 0.311 e. The van der Waals surface area contributed by atoms with Crippen LogP contribution in [-0.4, -0.2) is 37.5 Å². The molecule has 4 aliphatic carbocycles. The van der Waals surface area contributed by atoms with Gasteiger partial charge in [-0.05, 0) is 93.3 Å². The van der Waals surface area contributed by atoms with E-state index in [4.69, 9.17) is 4.74 Å². The molecule has 0 amide bonds. The van der Waals surface area contributed by atoms with Crippen LogP contribution in [0.5, 0.6) is 0 Å². The zero-order chi connectivity index (χ0) is 21.6. The van der Waals surface area contributed by atoms with Gasteiger partial charge < -0.3 is 22.0 Å². The van der Waals surface area contributed by atoms with Gasteiger partial charge in [0, 0.05) is 18.3 Å². The highest BCUT2D eigenvalue weighted by molar-refractivity contribution is 5.79. The van der Waals surface area contributed by atoms with Gasteiger partial charge >= 0.3 is 5.97 Å². The summed E-state index contributed by atoms with van der Waals surface area (Å²) in [5, 5.41) is 0. The molecule has 1 saturated heterocycles. The Kier molecular flexibility index (Phi) is 7.33. The van der Waals surface area contributed by atoms with Gasteiger partial charge in [-0.1, -0.05) is 13.8 Å². The number of nitrogens with one attached hydrogen (secondary N) is 1. The summed E-state index contributed by atoms with van der Waals surface area (Å²) in [6, 6.07) is 0. The van der Waals surface area contributed by atoms with Gasteiger partial charge in [-0.3, -0.25) is 9.59 Å². The van der Waals surface area contributed by atoms with Crippen LogP contribution in [0.2, 0.25) is 0 Å². The molecule has 1 N–H and O–H groups in total. The maximum atomic E-state index is 12.7. The van der Waals surface area contributed by atoms with E-state index in [0.29, 0.717) is 29.5 Å². The van der Waals surface area contributed by atoms with Crippen molar-refractivity contribution >= 4 is 11.8 Å². The first-order valence-corrected chi connectivity index (χ1v) is 13.4. The van der Waals surface area contributed by atoms with E-state index in [1.807, 2.05) is 0 Å². The molecule has 0 bridgehead atoms. The third kappa shape index (κ3) is 4.28. The van der Waals surface area contributed by atoms with Gasteiger partial charge in [0.05, 0.1) is 26.1 Å². The highest BCUT2D eigenvalue weighted by Gasteiger charge is 2.61. The highest BCUT2D eigenvalue weighted by Crippen LogP contribution is 2.66. The van der Waals surface area contributed by atoms with E-state index in [0.717, 1.165) is 44.1 Å². The molecule has 5 rings (SSSR count). The van der Waals surface area contributed by atoms with E-state index in [1.165, 1.54) is 64.5 Å². The van der Waals surface area contributed by atoms with Crippen molar-refractivity contribution in [2.24, 2.45) is 34.5 Å². The van der Waals surface area contributed by atoms with Crippen molar-refractivity contribution in [2.45, 2.75) is 103 Å². The van der Waals surface area contributed by atoms with Gasteiger partial charge in [0.25, 0.3) is 0 Å². The summed E-state index contributed by atoms with van der Waals surface area (Å²) in [4.78, 5) is 26.4. The predicted molar refractivity (Wildman–Crippen MR) is 121 cm³/mol. The topological polar surface area (TPSA) is 47.8 Å². The Morgan fingerprint density at radius 3 is 2.50 bits per heavy atom. The molecule has 5 heteroatoms. The smallest absolute Gasteiger partial charge is 0.311 e. The Morgan fingerprint density at radius 1 is 0.969 bits per heavy atom. The molecule has 7 atom stereocenters. The fraction of sp³-hybridized carbons (Fsp3) is 0.926. The molecule has 4 nitrogen and oxygen atoms in total. The third-order valence-corrected chi connectivity index (χ3v) is 10.9. The minimum absolute atomic E-state index is 0. The Morgan fingerprint density at radius 2 is 1.72 bits per heavy atom. The van der Waals surface area contributed by atoms with E-state index in [1.54, 1.807) is 4.90 Å². The average Bonchev–Trinajstić information content (AvgIpc) is 3.10. The molecule has 32 heavy (non-hydrogen) atoms. The van der Waals surface area contributed by atoms with Crippen molar-refractivity contribution in [3.63, 3.8) is 0 Å². The number of carbonyl (C=O) groups is 2. The first-order valence-electron chi connectivity index (χ1n) is 13.4. The average molecular weight is 466 g/mol. The molecule has 0 radical (unpaired) electrons. The SMILES string of the molecule is C[C@]12CCC3C(CC[C@H]4CC(=O)CC[C@]34C)C1CCC2OC(=O)CC[NH+]1CCCCC1.[Cl-]. The molecular weight excluding hydrogens is 422 g/mol. The van der Waals surface area contributed by atoms with Crippen LogP contribution in [0.15, 0.2) is 0 Å². The zero-order valence-corrected chi connectivity index (χ0v) is 21.1. The van der Waals surface area contributed by atoms with Crippen LogP contribution in [0.25, 0.3) is 0 Å². The molecule has 1 aliphatic heterocycles. The third-order valence-electron chi connectivity index (χ3n) is 10.9. The maximum absolute atomic E-state index is 12.7. The van der Waals surface area contributed by atoms with E-state index in [-0.39, 0.29) is 29.9 Å². The van der Waals surface area contributed by atoms with Gasteiger partial charge in [0.2, 0.25) is 0 Å². The Balaban J connectivity index is 0.00000245. The Labute approximate surface area is 201 Å². The molecule has 4 saturated carbocycles. The van der Waals surface area contributed by atoms with Crippen LogP contribution >= 0.6 is 0 Å². The molecular formula is C27H44ClNO3. The van der Waals surface area contributed by atoms with E-state index < -0.39 is 0 Å². The van der Waals surface area contributed by atoms with Gasteiger partial charge in [0.15, 0.2) is 0 Å². The molecule has 0 aromatic carbocycles. The second-order valence-electron chi connectivity index (χ2n) is 12.3. The molecule has 0 aromatic rings. The molecule has 5 fully saturated rings. The van der Waals surface area contributed by atoms with E-state index >= 15 is 0 Å². The lowest BCUT2D eigenvalue weighted by atomic mass is 9.45. The number of Topliss-reactive ketones (excluding diaryl/α,β-unsaturated/α-hetero) is 1. The van der Waals surface area contributed by atoms with Crippen LogP contribution < -0.4 is 17.3 Å². The number of quaternary nitrogens is 1. The van der Waals surface area contributed by atoms with Crippen molar-refractivity contribution in [1.82, 2.24) is 0 Å². The molecule has 1 heterocycles. The lowest BCUT2D eigenvalue weighted by molar-refractivity contribution is -0.904. The van der Waals surface area contributed by atoms with Gasteiger partial charge in [-0.25, -0.2) is 0 Å². The highest BCUT2D eigenvalue weighted by atomic mass is 35.5. The van der Waals surface area contributed by atoms with Crippen molar-refractivity contribution in [3.8, 4) is 0 Å². The number of hydrogen-bond donors (Lipinski definition) is 1. The number of piperidine rings is 1. The number of carbonyl (C=O) groups excluding carboxylic acids is 2. The van der Waals surface area contributed by atoms with Crippen LogP contribution in [0.3, 0.4) is 0 Å². The van der Waals surface area contributed by atoms with Crippen LogP contribution in [0.4, 0.5) is 0 Å². The summed E-state index contributed by atoms with van der Waals surface area (Å²) in [5.74, 6) is 3.41. The summed E-state index contributed by atoms with van der Waals surface area (Å²) >= 11 is 0.